The van der Waals surface area contributed by atoms with Crippen LogP contribution in [0, 0.1) is 11.8 Å². The van der Waals surface area contributed by atoms with Crippen LogP contribution >= 0.6 is 0 Å². The summed E-state index contributed by atoms with van der Waals surface area (Å²) in [7, 11) is 0. The molecule has 2 aliphatic rings. The van der Waals surface area contributed by atoms with Gasteiger partial charge < -0.3 is 15.0 Å². The largest absolute Gasteiger partial charge is 0.379 e. The summed E-state index contributed by atoms with van der Waals surface area (Å²) in [5.41, 5.74) is 0. The molecule has 2 aliphatic heterocycles. The van der Waals surface area contributed by atoms with Gasteiger partial charge in [0.1, 0.15) is 0 Å². The highest BCUT2D eigenvalue weighted by Gasteiger charge is 2.26. The number of rotatable bonds is 4. The molecule has 5 nitrogen and oxygen atoms in total. The lowest BCUT2D eigenvalue weighted by molar-refractivity contribution is 0.00686. The molecule has 0 spiro atoms. The number of piperidine rings is 1. The third-order valence-electron chi connectivity index (χ3n) is 4.69. The topological polar surface area (TPSA) is 44.8 Å². The van der Waals surface area contributed by atoms with Gasteiger partial charge in [0.15, 0.2) is 0 Å². The number of ether oxygens (including phenoxy) is 1. The summed E-state index contributed by atoms with van der Waals surface area (Å²) in [5, 5.41) is 3.16. The van der Waals surface area contributed by atoms with Crippen molar-refractivity contribution in [3.05, 3.63) is 0 Å². The number of amides is 2. The van der Waals surface area contributed by atoms with Crippen molar-refractivity contribution < 1.29 is 9.53 Å². The lowest BCUT2D eigenvalue weighted by Crippen LogP contribution is -2.53. The Kier molecular flexibility index (Phi) is 6.30. The first-order chi connectivity index (χ1) is 10.1. The first-order valence-electron chi connectivity index (χ1n) is 8.42. The van der Waals surface area contributed by atoms with Crippen LogP contribution in [0.5, 0.6) is 0 Å². The molecule has 0 aliphatic carbocycles. The lowest BCUT2D eigenvalue weighted by Gasteiger charge is -2.38. The van der Waals surface area contributed by atoms with Gasteiger partial charge in [-0.2, -0.15) is 0 Å². The standard InChI is InChI=1S/C16H31N3O2/c1-13(2)15(18-7-9-21-10-8-18)11-17-16(20)19-6-4-5-14(3)12-19/h13-15H,4-12H2,1-3H3,(H,17,20). The van der Waals surface area contributed by atoms with Gasteiger partial charge in [0, 0.05) is 38.8 Å². The van der Waals surface area contributed by atoms with Crippen molar-refractivity contribution in [1.29, 1.82) is 0 Å². The van der Waals surface area contributed by atoms with Gasteiger partial charge in [0.25, 0.3) is 0 Å². The minimum atomic E-state index is 0.112. The summed E-state index contributed by atoms with van der Waals surface area (Å²) in [4.78, 5) is 16.8. The average Bonchev–Trinajstić information content (AvgIpc) is 2.48. The van der Waals surface area contributed by atoms with E-state index < -0.39 is 0 Å². The van der Waals surface area contributed by atoms with Gasteiger partial charge in [-0.1, -0.05) is 20.8 Å². The number of morpholine rings is 1. The molecule has 2 fully saturated rings. The molecule has 2 heterocycles. The summed E-state index contributed by atoms with van der Waals surface area (Å²) in [6, 6.07) is 0.514. The summed E-state index contributed by atoms with van der Waals surface area (Å²) in [6.07, 6.45) is 2.37. The first kappa shape index (κ1) is 16.6. The molecule has 122 valence electrons. The fourth-order valence-corrected chi connectivity index (χ4v) is 3.37. The van der Waals surface area contributed by atoms with Gasteiger partial charge in [0.2, 0.25) is 0 Å². The van der Waals surface area contributed by atoms with E-state index in [-0.39, 0.29) is 6.03 Å². The van der Waals surface area contributed by atoms with E-state index in [0.717, 1.165) is 52.4 Å². The van der Waals surface area contributed by atoms with Crippen LogP contribution in [-0.4, -0.2) is 67.8 Å². The number of urea groups is 1. The number of likely N-dealkylation sites (tertiary alicyclic amines) is 1. The average molecular weight is 297 g/mol. The highest BCUT2D eigenvalue weighted by atomic mass is 16.5. The summed E-state index contributed by atoms with van der Waals surface area (Å²) in [5.74, 6) is 1.16. The van der Waals surface area contributed by atoms with Crippen LogP contribution in [0.15, 0.2) is 0 Å². The third-order valence-corrected chi connectivity index (χ3v) is 4.69. The molecule has 2 saturated heterocycles. The van der Waals surface area contributed by atoms with E-state index in [9.17, 15) is 4.79 Å². The van der Waals surface area contributed by atoms with E-state index >= 15 is 0 Å². The maximum atomic E-state index is 12.3. The number of carbonyl (C=O) groups excluding carboxylic acids is 1. The molecule has 0 aromatic carbocycles. The fraction of sp³-hybridized carbons (Fsp3) is 0.938. The molecular weight excluding hydrogens is 266 g/mol. The number of hydrogen-bond donors (Lipinski definition) is 1. The molecule has 2 unspecified atom stereocenters. The van der Waals surface area contributed by atoms with Crippen LogP contribution in [0.3, 0.4) is 0 Å². The Labute approximate surface area is 129 Å². The molecule has 2 atom stereocenters. The quantitative estimate of drug-likeness (QED) is 0.860. The smallest absolute Gasteiger partial charge is 0.317 e. The minimum Gasteiger partial charge on any atom is -0.379 e. The van der Waals surface area contributed by atoms with Crippen LogP contribution in [0.4, 0.5) is 4.79 Å². The van der Waals surface area contributed by atoms with E-state index in [0.29, 0.717) is 17.9 Å². The van der Waals surface area contributed by atoms with Crippen molar-refractivity contribution in [2.45, 2.75) is 39.7 Å². The first-order valence-corrected chi connectivity index (χ1v) is 8.42. The zero-order valence-corrected chi connectivity index (χ0v) is 13.8. The number of carbonyl (C=O) groups is 1. The van der Waals surface area contributed by atoms with Gasteiger partial charge in [-0.25, -0.2) is 4.79 Å². The summed E-state index contributed by atoms with van der Waals surface area (Å²) in [6.45, 7) is 12.8. The molecular formula is C16H31N3O2. The molecule has 21 heavy (non-hydrogen) atoms. The van der Waals surface area contributed by atoms with Crippen molar-refractivity contribution in [2.24, 2.45) is 11.8 Å². The van der Waals surface area contributed by atoms with Crippen LogP contribution < -0.4 is 5.32 Å². The molecule has 0 aromatic rings. The Morgan fingerprint density at radius 2 is 2.00 bits per heavy atom. The number of nitrogens with zero attached hydrogens (tertiary/aromatic N) is 2. The van der Waals surface area contributed by atoms with Gasteiger partial charge in [0.05, 0.1) is 13.2 Å². The highest BCUT2D eigenvalue weighted by Crippen LogP contribution is 2.16. The summed E-state index contributed by atoms with van der Waals surface area (Å²) < 4.78 is 5.42. The van der Waals surface area contributed by atoms with Crippen molar-refractivity contribution in [1.82, 2.24) is 15.1 Å². The molecule has 0 aromatic heterocycles. The lowest BCUT2D eigenvalue weighted by atomic mass is 10.0. The predicted molar refractivity (Wildman–Crippen MR) is 84.4 cm³/mol. The van der Waals surface area contributed by atoms with E-state index in [1.165, 1.54) is 6.42 Å². The van der Waals surface area contributed by atoms with Crippen molar-refractivity contribution in [2.75, 3.05) is 45.9 Å². The van der Waals surface area contributed by atoms with Crippen LogP contribution in [0.1, 0.15) is 33.6 Å². The van der Waals surface area contributed by atoms with E-state index in [1.807, 2.05) is 4.90 Å². The number of nitrogens with one attached hydrogen (secondary N) is 1. The molecule has 5 heteroatoms. The highest BCUT2D eigenvalue weighted by molar-refractivity contribution is 5.74. The third kappa shape index (κ3) is 4.85. The zero-order chi connectivity index (χ0) is 15.2. The van der Waals surface area contributed by atoms with Gasteiger partial charge in [-0.05, 0) is 24.7 Å². The molecule has 0 saturated carbocycles. The Hall–Kier alpha value is -0.810. The van der Waals surface area contributed by atoms with Crippen LogP contribution in [0.25, 0.3) is 0 Å². The fourth-order valence-electron chi connectivity index (χ4n) is 3.37. The van der Waals surface area contributed by atoms with Crippen LogP contribution in [0.2, 0.25) is 0 Å². The Morgan fingerprint density at radius 1 is 1.29 bits per heavy atom. The molecule has 0 bridgehead atoms. The molecule has 0 radical (unpaired) electrons. The number of hydrogen-bond acceptors (Lipinski definition) is 3. The van der Waals surface area contributed by atoms with E-state index in [4.69, 9.17) is 4.74 Å². The maximum Gasteiger partial charge on any atom is 0.317 e. The maximum absolute atomic E-state index is 12.3. The molecule has 2 amide bonds. The van der Waals surface area contributed by atoms with Gasteiger partial charge in [-0.3, -0.25) is 4.90 Å². The normalized spacial score (nSPS) is 25.9. The Balaban J connectivity index is 1.81. The van der Waals surface area contributed by atoms with Crippen LogP contribution in [-0.2, 0) is 4.74 Å². The van der Waals surface area contributed by atoms with Crippen molar-refractivity contribution in [3.8, 4) is 0 Å². The monoisotopic (exact) mass is 297 g/mol. The SMILES string of the molecule is CC1CCCN(C(=O)NCC(C(C)C)N2CCOCC2)C1. The zero-order valence-electron chi connectivity index (χ0n) is 13.8. The summed E-state index contributed by atoms with van der Waals surface area (Å²) >= 11 is 0. The second kappa shape index (κ2) is 7.99. The van der Waals surface area contributed by atoms with Gasteiger partial charge >= 0.3 is 6.03 Å². The Morgan fingerprint density at radius 3 is 2.62 bits per heavy atom. The minimum absolute atomic E-state index is 0.112. The predicted octanol–water partition coefficient (Wildman–Crippen LogP) is 1.78. The van der Waals surface area contributed by atoms with E-state index in [1.54, 1.807) is 0 Å². The van der Waals surface area contributed by atoms with E-state index in [2.05, 4.69) is 31.0 Å². The molecule has 1 N–H and O–H groups in total. The molecule has 2 rings (SSSR count). The second-order valence-corrected chi connectivity index (χ2v) is 6.84. The van der Waals surface area contributed by atoms with Gasteiger partial charge in [-0.15, -0.1) is 0 Å². The Bertz CT molecular complexity index is 329. The van der Waals surface area contributed by atoms with Crippen molar-refractivity contribution >= 4 is 6.03 Å². The second-order valence-electron chi connectivity index (χ2n) is 6.84. The van der Waals surface area contributed by atoms with Crippen molar-refractivity contribution in [3.63, 3.8) is 0 Å².